The highest BCUT2D eigenvalue weighted by atomic mass is 32.2. The molecule has 0 saturated carbocycles. The first-order chi connectivity index (χ1) is 52.3. The second kappa shape index (κ2) is 57.7. The molecule has 41 N–H and O–H groups in total. The Morgan fingerprint density at radius 1 is 0.324 bits per heavy atom. The van der Waals surface area contributed by atoms with E-state index in [4.69, 9.17) is 103 Å². The number of carbonyl (C=O) groups is 12. The molecule has 0 aliphatic carbocycles. The second-order valence-electron chi connectivity index (χ2n) is 26.7. The fourth-order valence-electron chi connectivity index (χ4n) is 11.2. The van der Waals surface area contributed by atoms with Gasteiger partial charge < -0.3 is 130 Å². The van der Waals surface area contributed by atoms with Crippen LogP contribution in [0.5, 0.6) is 0 Å². The molecule has 11 atom stereocenters. The van der Waals surface area contributed by atoms with Gasteiger partial charge in [0.2, 0.25) is 35.4 Å². The van der Waals surface area contributed by atoms with E-state index in [9.17, 15) is 43.2 Å². The predicted molar refractivity (Wildman–Crippen MR) is 434 cm³/mol. The Morgan fingerprint density at radius 2 is 0.559 bits per heavy atom. The van der Waals surface area contributed by atoms with E-state index in [-0.39, 0.29) is 221 Å². The lowest BCUT2D eigenvalue weighted by atomic mass is 9.88. The molecule has 0 aromatic heterocycles. The van der Waals surface area contributed by atoms with E-state index in [0.29, 0.717) is 5.75 Å². The predicted octanol–water partition coefficient (Wildman–Crippen LogP) is -7.95. The molecule has 0 rings (SSSR count). The quantitative estimate of drug-likeness (QED) is 0.0116. The van der Waals surface area contributed by atoms with Gasteiger partial charge >= 0.3 is 0 Å². The van der Waals surface area contributed by atoms with Crippen molar-refractivity contribution in [3.05, 3.63) is 0 Å². The second-order valence-corrected chi connectivity index (χ2v) is 28.0. The number of Topliss-reactive ketones (excluding diaryl/α,β-unsaturated/α-hetero) is 6. The molecule has 0 aromatic carbocycles. The Labute approximate surface area is 657 Å². The third kappa shape index (κ3) is 48.7. The van der Waals surface area contributed by atoms with Crippen molar-refractivity contribution in [2.24, 2.45) is 179 Å². The summed E-state index contributed by atoms with van der Waals surface area (Å²) in [6, 6.07) is -6.22. The summed E-state index contributed by atoms with van der Waals surface area (Å²) in [5.41, 5.74) is 101. The number of nitrogens with zero attached hydrogens (tertiary/aromatic N) is 8. The average molecular weight is 1610 g/mol. The van der Waals surface area contributed by atoms with Crippen LogP contribution in [-0.2, 0) is 57.5 Å². The van der Waals surface area contributed by atoms with Crippen LogP contribution < -0.4 is 130 Å². The standard InChI is InChI=1S/C66H125N31O12S2/c1-36(27-48(99)43(67)35-111-2)54(105)93-33-42(98)28-37(11-3-19-85-59(69)70)55(106)94-44(15-7-23-89-63(77)78)49(100)29-38(12-4-20-86-60(71)72)56(107)95-45(16-8-24-90-64(79)80)50(101)30-39(13-5-21-87-61(73)74)57(108)96-46(17-9-25-91-65(81)82)51(102)31-40(14-6-22-88-62(75)76)58(109)97-47(18-10-26-92-66(83)84)52(103)32-41(34-110)53(68)104/h36-41,43-47,110H,3-35,67H2,1-2H3,(H2,68,104)(H,93,105)(H,94,106)(H,95,107)(H,96,108)(H,97,109)(H4,69,70,85)(H4,71,72,86)(H4,73,74,87)(H4,75,76,88)(H4,77,78,89)(H4,79,80,90)(H4,81,82,91)(H4,83,84,92)/t36-,37+,38+,39+,40+,41-,43+,44-,45-,46-,47-/m1/s1. The maximum absolute atomic E-state index is 15.1. The van der Waals surface area contributed by atoms with Crippen molar-refractivity contribution in [2.75, 3.05) is 76.7 Å². The summed E-state index contributed by atoms with van der Waals surface area (Å²) in [5, 5.41) is 13.6. The van der Waals surface area contributed by atoms with Gasteiger partial charge in [-0.25, -0.2) is 0 Å². The summed E-state index contributed by atoms with van der Waals surface area (Å²) in [6.07, 6.45) is -0.678. The maximum Gasteiger partial charge on any atom is 0.224 e. The number of carbonyl (C=O) groups excluding carboxylic acids is 12. The number of amides is 6. The first-order valence-corrected chi connectivity index (χ1v) is 38.6. The van der Waals surface area contributed by atoms with Gasteiger partial charge in [-0.1, -0.05) is 6.92 Å². The Balaban J connectivity index is 7.92. The van der Waals surface area contributed by atoms with Crippen LogP contribution in [0.1, 0.15) is 148 Å². The summed E-state index contributed by atoms with van der Waals surface area (Å²) < 4.78 is 0. The van der Waals surface area contributed by atoms with E-state index < -0.39 is 169 Å². The summed E-state index contributed by atoms with van der Waals surface area (Å²) >= 11 is 5.54. The Hall–Kier alpha value is -10.3. The van der Waals surface area contributed by atoms with Crippen LogP contribution in [0.4, 0.5) is 0 Å². The lowest BCUT2D eigenvalue weighted by Gasteiger charge is -2.27. The van der Waals surface area contributed by atoms with Crippen molar-refractivity contribution in [3.8, 4) is 0 Å². The van der Waals surface area contributed by atoms with Gasteiger partial charge in [0.25, 0.3) is 0 Å². The zero-order chi connectivity index (χ0) is 84.1. The van der Waals surface area contributed by atoms with Crippen molar-refractivity contribution in [3.63, 3.8) is 0 Å². The van der Waals surface area contributed by atoms with Gasteiger partial charge in [0.1, 0.15) is 0 Å². The molecule has 0 saturated heterocycles. The molecule has 628 valence electrons. The highest BCUT2D eigenvalue weighted by molar-refractivity contribution is 7.98. The summed E-state index contributed by atoms with van der Waals surface area (Å²) in [7, 11) is 0. The molecular weight excluding hydrogens is 1480 g/mol. The largest absolute Gasteiger partial charge is 0.370 e. The molecule has 0 unspecified atom stereocenters. The van der Waals surface area contributed by atoms with Crippen molar-refractivity contribution >= 4 is 142 Å². The minimum absolute atomic E-state index is 0.00456. The van der Waals surface area contributed by atoms with Crippen LogP contribution in [0, 0.1) is 35.5 Å². The van der Waals surface area contributed by atoms with Crippen molar-refractivity contribution < 1.29 is 57.5 Å². The van der Waals surface area contributed by atoms with E-state index in [2.05, 4.69) is 79.2 Å². The molecule has 0 heterocycles. The SMILES string of the molecule is CSC[C@H](N)C(=O)C[C@@H](C)C(=O)NCC(=O)C[C@H](CCCN=C(N)N)C(=O)N[C@H](CCCN=C(N)N)C(=O)C[C@H](CCCN=C(N)N)C(=O)N[C@H](CCCN=C(N)N)C(=O)C[C@H](CCCN=C(N)N)C(=O)N[C@H](CCCN=C(N)N)C(=O)C[C@H](CCCN=C(N)N)C(=O)N[C@H](CCCN=C(N)N)C(=O)C[C@H](CS)C(N)=O. The third-order valence-corrected chi connectivity index (χ3v) is 18.3. The van der Waals surface area contributed by atoms with Gasteiger partial charge in [0.05, 0.1) is 42.7 Å². The smallest absolute Gasteiger partial charge is 0.224 e. The third-order valence-electron chi connectivity index (χ3n) is 17.2. The van der Waals surface area contributed by atoms with E-state index in [1.165, 1.54) is 18.7 Å². The number of primary amides is 1. The van der Waals surface area contributed by atoms with Crippen LogP contribution >= 0.6 is 24.4 Å². The number of nitrogens with two attached hydrogens (primary N) is 18. The average Bonchev–Trinajstić information content (AvgIpc) is 0.861. The van der Waals surface area contributed by atoms with Crippen LogP contribution in [0.15, 0.2) is 39.9 Å². The molecule has 43 nitrogen and oxygen atoms in total. The molecule has 0 radical (unpaired) electrons. The molecule has 0 bridgehead atoms. The van der Waals surface area contributed by atoms with Crippen LogP contribution in [-0.4, -0.2) is 225 Å². The van der Waals surface area contributed by atoms with Crippen molar-refractivity contribution in [1.29, 1.82) is 0 Å². The normalized spacial score (nSPS) is 13.8. The molecule has 0 fully saturated rings. The van der Waals surface area contributed by atoms with Gasteiger partial charge in [-0.15, -0.1) is 0 Å². The number of hydrogen-bond donors (Lipinski definition) is 24. The minimum Gasteiger partial charge on any atom is -0.370 e. The van der Waals surface area contributed by atoms with E-state index in [1.807, 2.05) is 0 Å². The number of aliphatic imine (C=N–C) groups is 8. The summed E-state index contributed by atoms with van der Waals surface area (Å²) in [4.78, 5) is 201. The van der Waals surface area contributed by atoms with E-state index >= 15 is 14.4 Å². The Kier molecular flexibility index (Phi) is 52.3. The van der Waals surface area contributed by atoms with Gasteiger partial charge in [-0.3, -0.25) is 97.5 Å². The van der Waals surface area contributed by atoms with Crippen molar-refractivity contribution in [1.82, 2.24) is 26.6 Å². The number of ketones is 6. The maximum atomic E-state index is 15.1. The molecule has 0 spiro atoms. The number of nitrogens with one attached hydrogen (secondary N) is 5. The van der Waals surface area contributed by atoms with Crippen molar-refractivity contribution in [2.45, 2.75) is 178 Å². The van der Waals surface area contributed by atoms with Crippen LogP contribution in [0.3, 0.4) is 0 Å². The molecule has 0 aliphatic heterocycles. The van der Waals surface area contributed by atoms with Gasteiger partial charge in [0.15, 0.2) is 82.4 Å². The Morgan fingerprint density at radius 3 is 0.784 bits per heavy atom. The zero-order valence-electron chi connectivity index (χ0n) is 63.9. The van der Waals surface area contributed by atoms with Crippen LogP contribution in [0.25, 0.3) is 0 Å². The number of thiol groups is 1. The van der Waals surface area contributed by atoms with Gasteiger partial charge in [-0.05, 0) is 109 Å². The molecule has 0 aromatic rings. The fraction of sp³-hybridized carbons (Fsp3) is 0.697. The van der Waals surface area contributed by atoms with E-state index in [1.54, 1.807) is 6.26 Å². The van der Waals surface area contributed by atoms with Gasteiger partial charge in [-0.2, -0.15) is 24.4 Å². The minimum atomic E-state index is -1.43. The lowest BCUT2D eigenvalue weighted by Crippen LogP contribution is -2.49. The highest BCUT2D eigenvalue weighted by Gasteiger charge is 2.37. The van der Waals surface area contributed by atoms with Gasteiger partial charge in [0, 0.05) is 132 Å². The number of guanidine groups is 8. The highest BCUT2D eigenvalue weighted by Crippen LogP contribution is 2.24. The summed E-state index contributed by atoms with van der Waals surface area (Å²) in [5.74, 6) is -16.8. The molecular formula is C66H125N31O12S2. The Bertz CT molecular complexity index is 3230. The zero-order valence-corrected chi connectivity index (χ0v) is 65.6. The van der Waals surface area contributed by atoms with Crippen LogP contribution in [0.2, 0.25) is 0 Å². The molecule has 6 amide bonds. The number of thioether (sulfide) groups is 1. The first-order valence-electron chi connectivity index (χ1n) is 36.5. The number of hydrogen-bond acceptors (Lipinski definition) is 23. The lowest BCUT2D eigenvalue weighted by molar-refractivity contribution is -0.136. The molecule has 0 aliphatic rings. The summed E-state index contributed by atoms with van der Waals surface area (Å²) in [6.45, 7) is 0.966. The molecule has 45 heteroatoms. The fourth-order valence-corrected chi connectivity index (χ4v) is 12.1. The first kappa shape index (κ1) is 101. The monoisotopic (exact) mass is 1610 g/mol. The molecule has 111 heavy (non-hydrogen) atoms. The number of rotatable bonds is 64. The topological polar surface area (TPSA) is 832 Å². The van der Waals surface area contributed by atoms with E-state index in [0.717, 1.165) is 0 Å².